The number of anilines is 1. The molecule has 6 atom stereocenters. The van der Waals surface area contributed by atoms with E-state index in [9.17, 15) is 4.79 Å². The molecule has 6 rings (SSSR count). The van der Waals surface area contributed by atoms with E-state index < -0.39 is 0 Å². The van der Waals surface area contributed by atoms with Crippen molar-refractivity contribution in [2.45, 2.75) is 50.7 Å². The zero-order valence-corrected chi connectivity index (χ0v) is 19.2. The van der Waals surface area contributed by atoms with Gasteiger partial charge in [0, 0.05) is 49.4 Å². The lowest BCUT2D eigenvalue weighted by Crippen LogP contribution is -2.52. The lowest BCUT2D eigenvalue weighted by Gasteiger charge is -2.51. The molecule has 0 N–H and O–H groups in total. The first kappa shape index (κ1) is 20.3. The fourth-order valence-electron chi connectivity index (χ4n) is 7.28. The van der Waals surface area contributed by atoms with Gasteiger partial charge in [-0.3, -0.25) is 9.69 Å². The Bertz CT molecular complexity index is 849. The summed E-state index contributed by atoms with van der Waals surface area (Å²) in [4.78, 5) is 17.8. The summed E-state index contributed by atoms with van der Waals surface area (Å²) in [6.45, 7) is 8.12. The SMILES string of the molecule is C[C@]12CCCC3(CO3)[C@@H]1C[C@@H]1C(CN3CCN(c4ccc(Cl)cc4)CC3)C(=O)O[C@@H]1C2. The van der Waals surface area contributed by atoms with Crippen molar-refractivity contribution in [3.8, 4) is 0 Å². The van der Waals surface area contributed by atoms with Gasteiger partial charge >= 0.3 is 5.97 Å². The van der Waals surface area contributed by atoms with Gasteiger partial charge in [-0.2, -0.15) is 0 Å². The Morgan fingerprint density at radius 2 is 1.87 bits per heavy atom. The zero-order chi connectivity index (χ0) is 21.2. The molecule has 1 aromatic rings. The Morgan fingerprint density at radius 1 is 1.13 bits per heavy atom. The molecule has 31 heavy (non-hydrogen) atoms. The Balaban J connectivity index is 1.11. The molecule has 5 aliphatic rings. The smallest absolute Gasteiger partial charge is 0.310 e. The second-order valence-electron chi connectivity index (χ2n) is 10.9. The molecule has 3 saturated heterocycles. The molecule has 0 radical (unpaired) electrons. The summed E-state index contributed by atoms with van der Waals surface area (Å²) in [5, 5.41) is 0.775. The quantitative estimate of drug-likeness (QED) is 0.521. The van der Waals surface area contributed by atoms with Crippen molar-refractivity contribution >= 4 is 23.3 Å². The molecule has 2 saturated carbocycles. The number of hydrogen-bond acceptors (Lipinski definition) is 5. The van der Waals surface area contributed by atoms with E-state index >= 15 is 0 Å². The molecule has 5 fully saturated rings. The number of halogens is 1. The highest BCUT2D eigenvalue weighted by Crippen LogP contribution is 2.62. The van der Waals surface area contributed by atoms with Crippen molar-refractivity contribution < 1.29 is 14.3 Å². The van der Waals surface area contributed by atoms with Crippen LogP contribution in [-0.2, 0) is 14.3 Å². The number of hydrogen-bond donors (Lipinski definition) is 0. The highest BCUT2D eigenvalue weighted by Gasteiger charge is 2.65. The molecular weight excluding hydrogens is 412 g/mol. The van der Waals surface area contributed by atoms with Gasteiger partial charge in [0.25, 0.3) is 0 Å². The van der Waals surface area contributed by atoms with Gasteiger partial charge in [-0.25, -0.2) is 0 Å². The van der Waals surface area contributed by atoms with Crippen molar-refractivity contribution in [2.75, 3.05) is 44.2 Å². The highest BCUT2D eigenvalue weighted by atomic mass is 35.5. The molecule has 0 aromatic heterocycles. The molecule has 6 heteroatoms. The Hall–Kier alpha value is -1.30. The minimum atomic E-state index is 0.0226. The van der Waals surface area contributed by atoms with Crippen LogP contribution >= 0.6 is 11.6 Å². The van der Waals surface area contributed by atoms with Gasteiger partial charge in [0.2, 0.25) is 0 Å². The summed E-state index contributed by atoms with van der Waals surface area (Å²) in [6, 6.07) is 8.10. The molecule has 2 unspecified atom stereocenters. The molecule has 5 nitrogen and oxygen atoms in total. The molecule has 168 valence electrons. The van der Waals surface area contributed by atoms with Gasteiger partial charge in [0.15, 0.2) is 0 Å². The van der Waals surface area contributed by atoms with Crippen LogP contribution in [0.3, 0.4) is 0 Å². The molecule has 2 aliphatic carbocycles. The maximum atomic E-state index is 12.9. The number of fused-ring (bicyclic) bond motifs is 3. The minimum Gasteiger partial charge on any atom is -0.462 e. The van der Waals surface area contributed by atoms with Gasteiger partial charge in [-0.1, -0.05) is 18.5 Å². The first-order chi connectivity index (χ1) is 15.0. The standard InChI is InChI=1S/C25H33ClN2O3/c1-24-7-2-8-25(16-30-25)22(24)13-19-20(23(29)31-21(19)14-24)15-27-9-11-28(12-10-27)18-5-3-17(26)4-6-18/h3-6,19-22H,2,7-16H2,1H3/t19-,20?,21-,22-,24-,25?/m1/s1. The van der Waals surface area contributed by atoms with Crippen molar-refractivity contribution in [2.24, 2.45) is 23.2 Å². The maximum absolute atomic E-state index is 12.9. The van der Waals surface area contributed by atoms with Gasteiger partial charge in [0.05, 0.1) is 18.1 Å². The van der Waals surface area contributed by atoms with E-state index in [2.05, 4.69) is 28.9 Å². The van der Waals surface area contributed by atoms with Crippen molar-refractivity contribution in [1.82, 2.24) is 4.90 Å². The molecule has 0 amide bonds. The third kappa shape index (κ3) is 3.48. The lowest BCUT2D eigenvalue weighted by atomic mass is 9.53. The predicted octanol–water partition coefficient (Wildman–Crippen LogP) is 3.99. The third-order valence-electron chi connectivity index (χ3n) is 9.10. The van der Waals surface area contributed by atoms with Crippen LogP contribution in [0.4, 0.5) is 5.69 Å². The van der Waals surface area contributed by atoms with Crippen molar-refractivity contribution in [3.63, 3.8) is 0 Å². The number of piperazine rings is 1. The number of nitrogens with zero attached hydrogens (tertiary/aromatic N) is 2. The number of rotatable bonds is 3. The second-order valence-corrected chi connectivity index (χ2v) is 11.3. The predicted molar refractivity (Wildman–Crippen MR) is 120 cm³/mol. The first-order valence-corrected chi connectivity index (χ1v) is 12.4. The minimum absolute atomic E-state index is 0.0226. The molecular formula is C25H33ClN2O3. The van der Waals surface area contributed by atoms with Crippen LogP contribution in [0.2, 0.25) is 5.02 Å². The van der Waals surface area contributed by atoms with Gasteiger partial charge in [0.1, 0.15) is 6.10 Å². The summed E-state index contributed by atoms with van der Waals surface area (Å²) in [5.41, 5.74) is 1.62. The number of carbonyl (C=O) groups is 1. The average molecular weight is 445 g/mol. The fourth-order valence-corrected chi connectivity index (χ4v) is 7.41. The van der Waals surface area contributed by atoms with Crippen LogP contribution in [0, 0.1) is 23.2 Å². The summed E-state index contributed by atoms with van der Waals surface area (Å²) in [5.74, 6) is 1.02. The summed E-state index contributed by atoms with van der Waals surface area (Å²) in [6.07, 6.45) is 5.95. The first-order valence-electron chi connectivity index (χ1n) is 12.0. The van der Waals surface area contributed by atoms with Crippen LogP contribution in [0.1, 0.15) is 39.0 Å². The number of ether oxygens (including phenoxy) is 2. The summed E-state index contributed by atoms with van der Waals surface area (Å²) in [7, 11) is 0. The Labute approximate surface area is 190 Å². The molecule has 1 spiro atoms. The lowest BCUT2D eigenvalue weighted by molar-refractivity contribution is -0.147. The molecule has 3 aliphatic heterocycles. The Kier molecular flexibility index (Phi) is 4.82. The van der Waals surface area contributed by atoms with Gasteiger partial charge < -0.3 is 14.4 Å². The van der Waals surface area contributed by atoms with Crippen molar-refractivity contribution in [1.29, 1.82) is 0 Å². The van der Waals surface area contributed by atoms with Gasteiger partial charge in [-0.05, 0) is 67.7 Å². The second kappa shape index (κ2) is 7.36. The highest BCUT2D eigenvalue weighted by molar-refractivity contribution is 6.30. The monoisotopic (exact) mass is 444 g/mol. The van der Waals surface area contributed by atoms with E-state index in [0.29, 0.717) is 11.8 Å². The number of carbonyl (C=O) groups excluding carboxylic acids is 1. The molecule has 3 heterocycles. The van der Waals surface area contributed by atoms with Crippen LogP contribution in [0.25, 0.3) is 0 Å². The van der Waals surface area contributed by atoms with Crippen LogP contribution in [0.15, 0.2) is 24.3 Å². The van der Waals surface area contributed by atoms with E-state index in [1.165, 1.54) is 24.9 Å². The normalized spacial score (nSPS) is 42.3. The number of benzene rings is 1. The Morgan fingerprint density at radius 3 is 2.58 bits per heavy atom. The maximum Gasteiger partial charge on any atom is 0.310 e. The van der Waals surface area contributed by atoms with Crippen LogP contribution in [0.5, 0.6) is 0 Å². The van der Waals surface area contributed by atoms with E-state index in [4.69, 9.17) is 21.1 Å². The fraction of sp³-hybridized carbons (Fsp3) is 0.720. The summed E-state index contributed by atoms with van der Waals surface area (Å²) >= 11 is 6.03. The van der Waals surface area contributed by atoms with Crippen LogP contribution in [-0.4, -0.2) is 61.9 Å². The van der Waals surface area contributed by atoms with Gasteiger partial charge in [-0.15, -0.1) is 0 Å². The summed E-state index contributed by atoms with van der Waals surface area (Å²) < 4.78 is 12.0. The van der Waals surface area contributed by atoms with E-state index in [1.807, 2.05) is 12.1 Å². The van der Waals surface area contributed by atoms with Crippen LogP contribution < -0.4 is 4.90 Å². The zero-order valence-electron chi connectivity index (χ0n) is 18.4. The topological polar surface area (TPSA) is 45.3 Å². The average Bonchev–Trinajstić information content (AvgIpc) is 3.46. The number of epoxide rings is 1. The van der Waals surface area contributed by atoms with E-state index in [0.717, 1.165) is 57.2 Å². The third-order valence-corrected chi connectivity index (χ3v) is 9.35. The number of esters is 1. The largest absolute Gasteiger partial charge is 0.462 e. The van der Waals surface area contributed by atoms with E-state index in [1.54, 1.807) is 0 Å². The molecule has 0 bridgehead atoms. The van der Waals surface area contributed by atoms with E-state index in [-0.39, 0.29) is 29.0 Å². The molecule has 1 aromatic carbocycles. The van der Waals surface area contributed by atoms with Crippen molar-refractivity contribution in [3.05, 3.63) is 29.3 Å².